The summed E-state index contributed by atoms with van der Waals surface area (Å²) in [6, 6.07) is 5.16. The zero-order chi connectivity index (χ0) is 13.6. The van der Waals surface area contributed by atoms with Crippen molar-refractivity contribution < 1.29 is 13.2 Å². The second-order valence-electron chi connectivity index (χ2n) is 3.87. The Morgan fingerprint density at radius 1 is 1.33 bits per heavy atom. The van der Waals surface area contributed by atoms with Crippen LogP contribution in [0.5, 0.6) is 5.75 Å². The molecule has 0 fully saturated rings. The van der Waals surface area contributed by atoms with Gasteiger partial charge in [0.1, 0.15) is 10.6 Å². The first-order chi connectivity index (χ1) is 8.55. The second kappa shape index (κ2) is 6.72. The normalized spacial score (nSPS) is 11.5. The Labute approximate surface area is 109 Å². The standard InChI is InChI=1S/C12H20N2O3S/c1-4-7-14-9-10-5-6-11(17-3)12(8-10)18(15,16)13-2/h5-6,8,13-14H,4,7,9H2,1-3H3. The minimum absolute atomic E-state index is 0.170. The van der Waals surface area contributed by atoms with Crippen molar-refractivity contribution in [3.8, 4) is 5.75 Å². The third kappa shape index (κ3) is 3.69. The summed E-state index contributed by atoms with van der Waals surface area (Å²) in [6.07, 6.45) is 1.04. The van der Waals surface area contributed by atoms with Crippen molar-refractivity contribution >= 4 is 10.0 Å². The van der Waals surface area contributed by atoms with Crippen molar-refractivity contribution in [1.29, 1.82) is 0 Å². The molecule has 6 heteroatoms. The summed E-state index contributed by atoms with van der Waals surface area (Å²) in [5.41, 5.74) is 0.915. The molecule has 0 radical (unpaired) electrons. The maximum absolute atomic E-state index is 11.9. The smallest absolute Gasteiger partial charge is 0.244 e. The lowest BCUT2D eigenvalue weighted by molar-refractivity contribution is 0.402. The third-order valence-electron chi connectivity index (χ3n) is 2.54. The van der Waals surface area contributed by atoms with Crippen molar-refractivity contribution in [2.75, 3.05) is 20.7 Å². The molecule has 0 bridgehead atoms. The molecule has 1 rings (SSSR count). The Bertz CT molecular complexity index is 486. The molecule has 1 aromatic rings. The van der Waals surface area contributed by atoms with Crippen LogP contribution in [0.2, 0.25) is 0 Å². The largest absolute Gasteiger partial charge is 0.495 e. The quantitative estimate of drug-likeness (QED) is 0.730. The average Bonchev–Trinajstić information content (AvgIpc) is 2.39. The van der Waals surface area contributed by atoms with Crippen LogP contribution in [-0.4, -0.2) is 29.1 Å². The number of sulfonamides is 1. The maximum Gasteiger partial charge on any atom is 0.244 e. The molecule has 0 saturated carbocycles. The maximum atomic E-state index is 11.9. The van der Waals surface area contributed by atoms with Gasteiger partial charge in [-0.25, -0.2) is 13.1 Å². The van der Waals surface area contributed by atoms with Crippen LogP contribution in [0.4, 0.5) is 0 Å². The van der Waals surface area contributed by atoms with E-state index in [1.54, 1.807) is 12.1 Å². The molecule has 0 aromatic heterocycles. The highest BCUT2D eigenvalue weighted by Gasteiger charge is 2.17. The van der Waals surface area contributed by atoms with E-state index in [9.17, 15) is 8.42 Å². The van der Waals surface area contributed by atoms with Crippen LogP contribution < -0.4 is 14.8 Å². The SMILES string of the molecule is CCCNCc1ccc(OC)c(S(=O)(=O)NC)c1. The van der Waals surface area contributed by atoms with E-state index in [4.69, 9.17) is 4.74 Å². The van der Waals surface area contributed by atoms with Gasteiger partial charge in [-0.2, -0.15) is 0 Å². The molecule has 0 spiro atoms. The zero-order valence-corrected chi connectivity index (χ0v) is 11.8. The van der Waals surface area contributed by atoms with Gasteiger partial charge in [-0.3, -0.25) is 0 Å². The molecule has 1 aromatic carbocycles. The van der Waals surface area contributed by atoms with Gasteiger partial charge in [-0.1, -0.05) is 13.0 Å². The zero-order valence-electron chi connectivity index (χ0n) is 11.0. The molecule has 0 aliphatic carbocycles. The van der Waals surface area contributed by atoms with Gasteiger partial charge >= 0.3 is 0 Å². The topological polar surface area (TPSA) is 67.4 Å². The number of ether oxygens (including phenoxy) is 1. The van der Waals surface area contributed by atoms with E-state index in [1.807, 2.05) is 6.07 Å². The lowest BCUT2D eigenvalue weighted by Crippen LogP contribution is -2.20. The lowest BCUT2D eigenvalue weighted by Gasteiger charge is -2.11. The van der Waals surface area contributed by atoms with E-state index in [2.05, 4.69) is 17.0 Å². The molecule has 5 nitrogen and oxygen atoms in total. The van der Waals surface area contributed by atoms with Crippen molar-refractivity contribution in [2.24, 2.45) is 0 Å². The predicted molar refractivity (Wildman–Crippen MR) is 71.2 cm³/mol. The fourth-order valence-electron chi connectivity index (χ4n) is 1.56. The van der Waals surface area contributed by atoms with Gasteiger partial charge in [0.15, 0.2) is 0 Å². The lowest BCUT2D eigenvalue weighted by atomic mass is 10.2. The molecule has 0 saturated heterocycles. The molecule has 0 heterocycles. The van der Waals surface area contributed by atoms with Crippen LogP contribution in [0, 0.1) is 0 Å². The molecule has 0 atom stereocenters. The minimum Gasteiger partial charge on any atom is -0.495 e. The van der Waals surface area contributed by atoms with Gasteiger partial charge in [0.25, 0.3) is 0 Å². The van der Waals surface area contributed by atoms with Crippen LogP contribution >= 0.6 is 0 Å². The summed E-state index contributed by atoms with van der Waals surface area (Å²) in [5.74, 6) is 0.351. The summed E-state index contributed by atoms with van der Waals surface area (Å²) in [7, 11) is -0.654. The van der Waals surface area contributed by atoms with Gasteiger partial charge in [0, 0.05) is 6.54 Å². The van der Waals surface area contributed by atoms with E-state index in [0.717, 1.165) is 18.5 Å². The second-order valence-corrected chi connectivity index (χ2v) is 5.72. The van der Waals surface area contributed by atoms with Gasteiger partial charge in [-0.15, -0.1) is 0 Å². The number of benzene rings is 1. The molecule has 18 heavy (non-hydrogen) atoms. The summed E-state index contributed by atoms with van der Waals surface area (Å²) in [4.78, 5) is 0.170. The highest BCUT2D eigenvalue weighted by molar-refractivity contribution is 7.89. The number of rotatable bonds is 7. The number of methoxy groups -OCH3 is 1. The molecule has 0 aliphatic heterocycles. The summed E-state index contributed by atoms with van der Waals surface area (Å²) >= 11 is 0. The molecule has 2 N–H and O–H groups in total. The van der Waals surface area contributed by atoms with Crippen LogP contribution in [-0.2, 0) is 16.6 Å². The van der Waals surface area contributed by atoms with Crippen molar-refractivity contribution in [2.45, 2.75) is 24.8 Å². The molecule has 0 aliphatic rings. The molecular formula is C12H20N2O3S. The van der Waals surface area contributed by atoms with E-state index >= 15 is 0 Å². The van der Waals surface area contributed by atoms with Crippen LogP contribution in [0.25, 0.3) is 0 Å². The first kappa shape index (κ1) is 14.9. The van der Waals surface area contributed by atoms with Gasteiger partial charge in [0.2, 0.25) is 10.0 Å². The molecule has 102 valence electrons. The van der Waals surface area contributed by atoms with Crippen LogP contribution in [0.1, 0.15) is 18.9 Å². The summed E-state index contributed by atoms with van der Waals surface area (Å²) < 4.78 is 31.1. The Hall–Kier alpha value is -1.11. The molecule has 0 amide bonds. The highest BCUT2D eigenvalue weighted by Crippen LogP contribution is 2.24. The molecular weight excluding hydrogens is 252 g/mol. The fourth-order valence-corrected chi connectivity index (χ4v) is 2.50. The summed E-state index contributed by atoms with van der Waals surface area (Å²) in [5, 5.41) is 3.23. The molecule has 0 unspecified atom stereocenters. The van der Waals surface area contributed by atoms with E-state index in [0.29, 0.717) is 12.3 Å². The number of nitrogens with one attached hydrogen (secondary N) is 2. The Morgan fingerprint density at radius 2 is 2.06 bits per heavy atom. The van der Waals surface area contributed by atoms with Gasteiger partial charge in [0.05, 0.1) is 7.11 Å². The third-order valence-corrected chi connectivity index (χ3v) is 3.98. The van der Waals surface area contributed by atoms with Crippen LogP contribution in [0.15, 0.2) is 23.1 Å². The monoisotopic (exact) mass is 272 g/mol. The highest BCUT2D eigenvalue weighted by atomic mass is 32.2. The average molecular weight is 272 g/mol. The first-order valence-corrected chi connectivity index (χ1v) is 7.34. The van der Waals surface area contributed by atoms with E-state index < -0.39 is 10.0 Å². The van der Waals surface area contributed by atoms with Crippen molar-refractivity contribution in [1.82, 2.24) is 10.0 Å². The van der Waals surface area contributed by atoms with Gasteiger partial charge < -0.3 is 10.1 Å². The van der Waals surface area contributed by atoms with E-state index in [1.165, 1.54) is 14.2 Å². The Morgan fingerprint density at radius 3 is 2.61 bits per heavy atom. The number of hydrogen-bond acceptors (Lipinski definition) is 4. The minimum atomic E-state index is -3.50. The number of hydrogen-bond donors (Lipinski definition) is 2. The van der Waals surface area contributed by atoms with Crippen molar-refractivity contribution in [3.05, 3.63) is 23.8 Å². The van der Waals surface area contributed by atoms with Gasteiger partial charge in [-0.05, 0) is 37.7 Å². The Balaban J connectivity index is 3.03. The van der Waals surface area contributed by atoms with Crippen LogP contribution in [0.3, 0.4) is 0 Å². The van der Waals surface area contributed by atoms with Crippen molar-refractivity contribution in [3.63, 3.8) is 0 Å². The van der Waals surface area contributed by atoms with E-state index in [-0.39, 0.29) is 4.90 Å². The fraction of sp³-hybridized carbons (Fsp3) is 0.500. The predicted octanol–water partition coefficient (Wildman–Crippen LogP) is 1.10. The summed E-state index contributed by atoms with van der Waals surface area (Å²) in [6.45, 7) is 3.63. The Kier molecular flexibility index (Phi) is 5.58. The first-order valence-electron chi connectivity index (χ1n) is 5.86.